The summed E-state index contributed by atoms with van der Waals surface area (Å²) in [7, 11) is 0. The van der Waals surface area contributed by atoms with Crippen molar-refractivity contribution in [3.63, 3.8) is 0 Å². The Morgan fingerprint density at radius 1 is 1.27 bits per heavy atom. The molecule has 0 aromatic heterocycles. The molecule has 2 unspecified atom stereocenters. The fourth-order valence-electron chi connectivity index (χ4n) is 1.31. The lowest BCUT2D eigenvalue weighted by atomic mass is 10.0. The van der Waals surface area contributed by atoms with Crippen molar-refractivity contribution >= 4 is 24.4 Å². The molecule has 2 atom stereocenters. The number of rotatable bonds is 5. The van der Waals surface area contributed by atoms with Crippen LogP contribution in [0.25, 0.3) is 0 Å². The van der Waals surface area contributed by atoms with E-state index in [1.807, 2.05) is 30.5 Å². The van der Waals surface area contributed by atoms with Crippen LogP contribution in [0.1, 0.15) is 18.1 Å². The number of aliphatic hydroxyl groups excluding tert-OH is 2. The van der Waals surface area contributed by atoms with Crippen LogP contribution in [-0.4, -0.2) is 28.3 Å². The molecule has 15 heavy (non-hydrogen) atoms. The van der Waals surface area contributed by atoms with Crippen LogP contribution in [0.15, 0.2) is 29.2 Å². The van der Waals surface area contributed by atoms with Gasteiger partial charge in [-0.25, -0.2) is 0 Å². The van der Waals surface area contributed by atoms with E-state index < -0.39 is 12.2 Å². The van der Waals surface area contributed by atoms with Crippen molar-refractivity contribution < 1.29 is 10.2 Å². The molecule has 0 saturated heterocycles. The summed E-state index contributed by atoms with van der Waals surface area (Å²) < 4.78 is 0. The molecule has 0 bridgehead atoms. The molecule has 84 valence electrons. The van der Waals surface area contributed by atoms with E-state index in [9.17, 15) is 10.2 Å². The van der Waals surface area contributed by atoms with E-state index in [2.05, 4.69) is 12.6 Å². The van der Waals surface area contributed by atoms with Crippen LogP contribution in [0, 0.1) is 0 Å². The van der Waals surface area contributed by atoms with Gasteiger partial charge in [-0.3, -0.25) is 0 Å². The van der Waals surface area contributed by atoms with E-state index in [1.165, 1.54) is 0 Å². The van der Waals surface area contributed by atoms with E-state index in [0.29, 0.717) is 12.2 Å². The van der Waals surface area contributed by atoms with Gasteiger partial charge >= 0.3 is 0 Å². The zero-order valence-electron chi connectivity index (χ0n) is 8.63. The topological polar surface area (TPSA) is 40.5 Å². The van der Waals surface area contributed by atoms with Crippen LogP contribution >= 0.6 is 24.4 Å². The van der Waals surface area contributed by atoms with Crippen LogP contribution in [0.4, 0.5) is 0 Å². The molecule has 2 N–H and O–H groups in total. The Kier molecular flexibility index (Phi) is 5.53. The van der Waals surface area contributed by atoms with E-state index in [0.717, 1.165) is 10.5 Å². The minimum atomic E-state index is -0.812. The van der Waals surface area contributed by atoms with Crippen LogP contribution in [0.2, 0.25) is 0 Å². The van der Waals surface area contributed by atoms with Gasteiger partial charge in [0.15, 0.2) is 0 Å². The van der Waals surface area contributed by atoms with Crippen molar-refractivity contribution in [1.82, 2.24) is 0 Å². The molecule has 1 aromatic carbocycles. The van der Waals surface area contributed by atoms with Crippen LogP contribution in [-0.2, 0) is 0 Å². The number of hydrogen-bond acceptors (Lipinski definition) is 4. The lowest BCUT2D eigenvalue weighted by Crippen LogP contribution is -2.18. The Labute approximate surface area is 100 Å². The maximum absolute atomic E-state index is 9.79. The fraction of sp³-hybridized carbons (Fsp3) is 0.455. The standard InChI is InChI=1S/C11H16O2S2/c1-15-9-4-2-8(3-5-9)11(13)10(12)6-7-14/h2-5,10-14H,6-7H2,1H3. The zero-order valence-corrected chi connectivity index (χ0v) is 10.3. The van der Waals surface area contributed by atoms with E-state index in [4.69, 9.17) is 0 Å². The number of aliphatic hydroxyl groups is 2. The first-order valence-electron chi connectivity index (χ1n) is 4.80. The number of hydrogen-bond donors (Lipinski definition) is 3. The molecule has 0 aliphatic carbocycles. The Morgan fingerprint density at radius 3 is 2.33 bits per heavy atom. The highest BCUT2D eigenvalue weighted by atomic mass is 32.2. The zero-order chi connectivity index (χ0) is 11.3. The second kappa shape index (κ2) is 6.43. The molecule has 0 heterocycles. The Balaban J connectivity index is 2.69. The van der Waals surface area contributed by atoms with Crippen LogP contribution in [0.5, 0.6) is 0 Å². The summed E-state index contributed by atoms with van der Waals surface area (Å²) in [5.41, 5.74) is 0.752. The van der Waals surface area contributed by atoms with Crippen molar-refractivity contribution in [2.75, 3.05) is 12.0 Å². The van der Waals surface area contributed by atoms with Crippen LogP contribution < -0.4 is 0 Å². The van der Waals surface area contributed by atoms with Gasteiger partial charge in [-0.1, -0.05) is 12.1 Å². The molecule has 0 aliphatic rings. The minimum Gasteiger partial charge on any atom is -0.390 e. The number of benzene rings is 1. The maximum Gasteiger partial charge on any atom is 0.105 e. The van der Waals surface area contributed by atoms with E-state index in [-0.39, 0.29) is 0 Å². The van der Waals surface area contributed by atoms with E-state index >= 15 is 0 Å². The van der Waals surface area contributed by atoms with Crippen molar-refractivity contribution in [1.29, 1.82) is 0 Å². The Hall–Kier alpha value is -0.160. The van der Waals surface area contributed by atoms with Gasteiger partial charge in [0.1, 0.15) is 6.10 Å². The van der Waals surface area contributed by atoms with Crippen molar-refractivity contribution in [2.45, 2.75) is 23.5 Å². The molecule has 0 radical (unpaired) electrons. The third-order valence-corrected chi connectivity index (χ3v) is 3.25. The highest BCUT2D eigenvalue weighted by Gasteiger charge is 2.16. The largest absolute Gasteiger partial charge is 0.390 e. The molecule has 2 nitrogen and oxygen atoms in total. The SMILES string of the molecule is CSc1ccc(C(O)C(O)CCS)cc1. The monoisotopic (exact) mass is 244 g/mol. The lowest BCUT2D eigenvalue weighted by molar-refractivity contribution is 0.0172. The predicted molar refractivity (Wildman–Crippen MR) is 67.7 cm³/mol. The molecule has 0 fully saturated rings. The van der Waals surface area contributed by atoms with Gasteiger partial charge < -0.3 is 10.2 Å². The molecule has 1 aromatic rings. The number of thiol groups is 1. The molecule has 0 amide bonds. The highest BCUT2D eigenvalue weighted by molar-refractivity contribution is 7.98. The van der Waals surface area contributed by atoms with E-state index in [1.54, 1.807) is 11.8 Å². The van der Waals surface area contributed by atoms with Gasteiger partial charge in [0.25, 0.3) is 0 Å². The molecule has 1 rings (SSSR count). The third kappa shape index (κ3) is 3.72. The lowest BCUT2D eigenvalue weighted by Gasteiger charge is -2.17. The second-order valence-electron chi connectivity index (χ2n) is 3.30. The molecular weight excluding hydrogens is 228 g/mol. The number of thioether (sulfide) groups is 1. The summed E-state index contributed by atoms with van der Waals surface area (Å²) in [6.07, 6.45) is 0.950. The average Bonchev–Trinajstić information content (AvgIpc) is 2.28. The Bertz CT molecular complexity index is 287. The van der Waals surface area contributed by atoms with Crippen molar-refractivity contribution in [3.8, 4) is 0 Å². The average molecular weight is 244 g/mol. The van der Waals surface area contributed by atoms with Gasteiger partial charge in [0, 0.05) is 4.90 Å². The first-order chi connectivity index (χ1) is 7.19. The summed E-state index contributed by atoms with van der Waals surface area (Å²) in [4.78, 5) is 1.15. The van der Waals surface area contributed by atoms with Gasteiger partial charge in [-0.15, -0.1) is 11.8 Å². The second-order valence-corrected chi connectivity index (χ2v) is 4.62. The molecule has 0 aliphatic heterocycles. The minimum absolute atomic E-state index is 0.495. The van der Waals surface area contributed by atoms with Crippen molar-refractivity contribution in [3.05, 3.63) is 29.8 Å². The Morgan fingerprint density at radius 2 is 1.87 bits per heavy atom. The van der Waals surface area contributed by atoms with Crippen molar-refractivity contribution in [2.24, 2.45) is 0 Å². The summed E-state index contributed by atoms with van der Waals surface area (Å²) in [6, 6.07) is 7.57. The first-order valence-corrected chi connectivity index (χ1v) is 6.65. The first kappa shape index (κ1) is 12.9. The summed E-state index contributed by atoms with van der Waals surface area (Å²) in [5, 5.41) is 19.4. The molecule has 0 spiro atoms. The normalized spacial score (nSPS) is 14.9. The third-order valence-electron chi connectivity index (χ3n) is 2.25. The smallest absolute Gasteiger partial charge is 0.105 e. The van der Waals surface area contributed by atoms with Gasteiger partial charge in [0.05, 0.1) is 6.10 Å². The quantitative estimate of drug-likeness (QED) is 0.549. The highest BCUT2D eigenvalue weighted by Crippen LogP contribution is 2.22. The summed E-state index contributed by atoms with van der Waals surface area (Å²) in [6.45, 7) is 0. The fourth-order valence-corrected chi connectivity index (χ4v) is 1.99. The maximum atomic E-state index is 9.79. The summed E-state index contributed by atoms with van der Waals surface area (Å²) in [5.74, 6) is 0.571. The van der Waals surface area contributed by atoms with Gasteiger partial charge in [-0.2, -0.15) is 12.6 Å². The molecule has 0 saturated carbocycles. The van der Waals surface area contributed by atoms with Gasteiger partial charge in [-0.05, 0) is 36.1 Å². The summed E-state index contributed by atoms with van der Waals surface area (Å²) >= 11 is 5.68. The molecule has 4 heteroatoms. The van der Waals surface area contributed by atoms with Gasteiger partial charge in [0.2, 0.25) is 0 Å². The predicted octanol–water partition coefficient (Wildman–Crippen LogP) is 2.12. The van der Waals surface area contributed by atoms with Crippen LogP contribution in [0.3, 0.4) is 0 Å². The molecular formula is C11H16O2S2.